The van der Waals surface area contributed by atoms with Crippen LogP contribution in [0, 0.1) is 18.3 Å². The second kappa shape index (κ2) is 10.7. The normalized spacial score (nSPS) is 11.7. The van der Waals surface area contributed by atoms with Crippen molar-refractivity contribution in [3.05, 3.63) is 58.5 Å². The van der Waals surface area contributed by atoms with Gasteiger partial charge in [0, 0.05) is 5.56 Å². The average molecular weight is 414 g/mol. The van der Waals surface area contributed by atoms with Gasteiger partial charge in [-0.25, -0.2) is 8.42 Å². The molecule has 0 saturated heterocycles. The van der Waals surface area contributed by atoms with Gasteiger partial charge in [-0.1, -0.05) is 56.0 Å². The van der Waals surface area contributed by atoms with Gasteiger partial charge in [0.25, 0.3) is 0 Å². The Labute approximate surface area is 173 Å². The Balaban J connectivity index is 2.39. The molecule has 0 radical (unpaired) electrons. The fraction of sp³-hybridized carbons (Fsp3) is 0.348. The maximum Gasteiger partial charge on any atom is 0.216 e. The Morgan fingerprint density at radius 1 is 1.10 bits per heavy atom. The molecule has 0 spiro atoms. The van der Waals surface area contributed by atoms with Crippen LogP contribution in [0.2, 0.25) is 0 Å². The van der Waals surface area contributed by atoms with Crippen molar-refractivity contribution in [1.82, 2.24) is 0 Å². The van der Waals surface area contributed by atoms with Gasteiger partial charge in [-0.2, -0.15) is 5.26 Å². The van der Waals surface area contributed by atoms with Gasteiger partial charge in [-0.05, 0) is 37.6 Å². The quantitative estimate of drug-likeness (QED) is 0.390. The number of methoxy groups -OCH3 is 1. The lowest BCUT2D eigenvalue weighted by Crippen LogP contribution is -2.05. The molecule has 0 fully saturated rings. The predicted molar refractivity (Wildman–Crippen MR) is 115 cm³/mol. The second-order valence-electron chi connectivity index (χ2n) is 6.72. The highest BCUT2D eigenvalue weighted by atomic mass is 32.2. The first-order valence-electron chi connectivity index (χ1n) is 9.67. The number of hydrogen-bond acceptors (Lipinski definition) is 5. The highest BCUT2D eigenvalue weighted by Crippen LogP contribution is 2.34. The summed E-state index contributed by atoms with van der Waals surface area (Å²) in [5.41, 5.74) is 1.44. The number of nitriles is 1. The molecule has 0 saturated carbocycles. The van der Waals surface area contributed by atoms with E-state index in [-0.39, 0.29) is 9.80 Å². The molecule has 0 heterocycles. The minimum absolute atomic E-state index is 0.0841. The smallest absolute Gasteiger partial charge is 0.216 e. The molecule has 0 unspecified atom stereocenters. The Morgan fingerprint density at radius 3 is 2.45 bits per heavy atom. The Hall–Kier alpha value is -2.78. The molecule has 0 aromatic heterocycles. The van der Waals surface area contributed by atoms with E-state index in [4.69, 9.17) is 9.47 Å². The summed E-state index contributed by atoms with van der Waals surface area (Å²) in [6, 6.07) is 13.5. The largest absolute Gasteiger partial charge is 0.493 e. The molecule has 29 heavy (non-hydrogen) atoms. The standard InChI is InChI=1S/C23H27NO4S/c1-4-5-6-7-15-28-23-19(9-8-10-22(23)27-3)16-21(17-24)29(25,26)20-13-11-18(2)12-14-20/h8-14,16H,4-7,15H2,1-3H3. The van der Waals surface area contributed by atoms with E-state index in [0.717, 1.165) is 31.2 Å². The summed E-state index contributed by atoms with van der Waals surface area (Å²) < 4.78 is 37.1. The first kappa shape index (κ1) is 22.5. The van der Waals surface area contributed by atoms with Crippen molar-refractivity contribution >= 4 is 15.9 Å². The van der Waals surface area contributed by atoms with E-state index in [2.05, 4.69) is 6.92 Å². The summed E-state index contributed by atoms with van der Waals surface area (Å²) in [5.74, 6) is 0.942. The maximum absolute atomic E-state index is 12.9. The Bertz CT molecular complexity index is 987. The van der Waals surface area contributed by atoms with E-state index in [1.807, 2.05) is 13.0 Å². The van der Waals surface area contributed by atoms with Crippen LogP contribution in [0.15, 0.2) is 52.3 Å². The molecule has 5 nitrogen and oxygen atoms in total. The molecule has 0 bridgehead atoms. The van der Waals surface area contributed by atoms with E-state index >= 15 is 0 Å². The molecule has 154 valence electrons. The number of unbranched alkanes of at least 4 members (excludes halogenated alkanes) is 3. The van der Waals surface area contributed by atoms with Crippen molar-refractivity contribution in [2.24, 2.45) is 0 Å². The summed E-state index contributed by atoms with van der Waals surface area (Å²) in [7, 11) is -2.40. The molecular weight excluding hydrogens is 386 g/mol. The van der Waals surface area contributed by atoms with Gasteiger partial charge in [0.1, 0.15) is 11.0 Å². The summed E-state index contributed by atoms with van der Waals surface area (Å²) >= 11 is 0. The fourth-order valence-corrected chi connectivity index (χ4v) is 3.97. The minimum atomic E-state index is -3.93. The zero-order valence-corrected chi connectivity index (χ0v) is 18.0. The first-order chi connectivity index (χ1) is 13.9. The van der Waals surface area contributed by atoms with Crippen LogP contribution in [-0.2, 0) is 9.84 Å². The zero-order chi connectivity index (χ0) is 21.3. The number of aryl methyl sites for hydroxylation is 1. The van der Waals surface area contributed by atoms with E-state index in [1.54, 1.807) is 30.3 Å². The molecule has 0 aliphatic rings. The number of rotatable bonds is 10. The summed E-state index contributed by atoms with van der Waals surface area (Å²) in [5, 5.41) is 9.56. The van der Waals surface area contributed by atoms with Crippen molar-refractivity contribution < 1.29 is 17.9 Å². The number of benzene rings is 2. The lowest BCUT2D eigenvalue weighted by Gasteiger charge is -2.14. The van der Waals surface area contributed by atoms with Crippen LogP contribution in [0.1, 0.15) is 43.7 Å². The van der Waals surface area contributed by atoms with Gasteiger partial charge < -0.3 is 9.47 Å². The topological polar surface area (TPSA) is 76.4 Å². The van der Waals surface area contributed by atoms with Crippen molar-refractivity contribution in [3.63, 3.8) is 0 Å². The minimum Gasteiger partial charge on any atom is -0.493 e. The molecule has 2 aromatic carbocycles. The number of hydrogen-bond donors (Lipinski definition) is 0. The molecule has 0 aliphatic carbocycles. The molecule has 0 aliphatic heterocycles. The molecule has 0 amide bonds. The van der Waals surface area contributed by atoms with Gasteiger partial charge in [0.2, 0.25) is 9.84 Å². The van der Waals surface area contributed by atoms with Crippen LogP contribution in [0.3, 0.4) is 0 Å². The van der Waals surface area contributed by atoms with Gasteiger partial charge in [-0.3, -0.25) is 0 Å². The summed E-state index contributed by atoms with van der Waals surface area (Å²) in [6.45, 7) is 4.51. The van der Waals surface area contributed by atoms with Crippen LogP contribution in [0.4, 0.5) is 0 Å². The average Bonchev–Trinajstić information content (AvgIpc) is 2.72. The van der Waals surface area contributed by atoms with Crippen molar-refractivity contribution in [2.75, 3.05) is 13.7 Å². The third kappa shape index (κ3) is 5.85. The van der Waals surface area contributed by atoms with Crippen LogP contribution < -0.4 is 9.47 Å². The van der Waals surface area contributed by atoms with Crippen LogP contribution >= 0.6 is 0 Å². The Morgan fingerprint density at radius 2 is 1.83 bits per heavy atom. The fourth-order valence-electron chi connectivity index (χ4n) is 2.82. The van der Waals surface area contributed by atoms with Crippen LogP contribution in [-0.4, -0.2) is 22.1 Å². The van der Waals surface area contributed by atoms with Gasteiger partial charge in [0.15, 0.2) is 11.5 Å². The number of allylic oxidation sites excluding steroid dienone is 1. The van der Waals surface area contributed by atoms with Crippen molar-refractivity contribution in [1.29, 1.82) is 5.26 Å². The molecule has 0 atom stereocenters. The Kier molecular flexibility index (Phi) is 8.29. The van der Waals surface area contributed by atoms with E-state index in [1.165, 1.54) is 25.3 Å². The zero-order valence-electron chi connectivity index (χ0n) is 17.1. The van der Waals surface area contributed by atoms with Crippen molar-refractivity contribution in [2.45, 2.75) is 44.4 Å². The van der Waals surface area contributed by atoms with E-state index < -0.39 is 9.84 Å². The van der Waals surface area contributed by atoms with Gasteiger partial charge in [0.05, 0.1) is 18.6 Å². The molecule has 2 rings (SSSR count). The molecule has 2 aromatic rings. The monoisotopic (exact) mass is 413 g/mol. The highest BCUT2D eigenvalue weighted by Gasteiger charge is 2.22. The van der Waals surface area contributed by atoms with Gasteiger partial charge in [-0.15, -0.1) is 0 Å². The molecule has 0 N–H and O–H groups in total. The maximum atomic E-state index is 12.9. The third-order valence-electron chi connectivity index (χ3n) is 4.49. The van der Waals surface area contributed by atoms with Crippen LogP contribution in [0.25, 0.3) is 6.08 Å². The van der Waals surface area contributed by atoms with Crippen LogP contribution in [0.5, 0.6) is 11.5 Å². The first-order valence-corrected chi connectivity index (χ1v) is 11.2. The number of para-hydroxylation sites is 1. The second-order valence-corrected chi connectivity index (χ2v) is 8.64. The number of ether oxygens (including phenoxy) is 2. The SMILES string of the molecule is CCCCCCOc1c(C=C(C#N)S(=O)(=O)c2ccc(C)cc2)cccc1OC. The third-order valence-corrected chi connectivity index (χ3v) is 6.17. The molecular formula is C23H27NO4S. The lowest BCUT2D eigenvalue weighted by molar-refractivity contribution is 0.284. The predicted octanol–water partition coefficient (Wildman–Crippen LogP) is 5.30. The summed E-state index contributed by atoms with van der Waals surface area (Å²) in [6.07, 6.45) is 5.56. The number of sulfone groups is 1. The number of nitrogens with zero attached hydrogens (tertiary/aromatic N) is 1. The lowest BCUT2D eigenvalue weighted by atomic mass is 10.1. The summed E-state index contributed by atoms with van der Waals surface area (Å²) in [4.78, 5) is -0.258. The molecule has 6 heteroatoms. The van der Waals surface area contributed by atoms with Crippen molar-refractivity contribution in [3.8, 4) is 17.6 Å². The van der Waals surface area contributed by atoms with E-state index in [0.29, 0.717) is 23.7 Å². The highest BCUT2D eigenvalue weighted by molar-refractivity contribution is 7.95. The van der Waals surface area contributed by atoms with E-state index in [9.17, 15) is 13.7 Å². The van der Waals surface area contributed by atoms with Gasteiger partial charge >= 0.3 is 0 Å².